The predicted octanol–water partition coefficient (Wildman–Crippen LogP) is 5.10. The van der Waals surface area contributed by atoms with Gasteiger partial charge in [0, 0.05) is 19.5 Å². The van der Waals surface area contributed by atoms with E-state index in [0.29, 0.717) is 24.5 Å². The van der Waals surface area contributed by atoms with Crippen LogP contribution in [0.3, 0.4) is 0 Å². The Morgan fingerprint density at radius 3 is 1.88 bits per heavy atom. The summed E-state index contributed by atoms with van der Waals surface area (Å²) >= 11 is 0. The Bertz CT molecular complexity index is 1130. The normalized spacial score (nSPS) is 10.2. The van der Waals surface area contributed by atoms with Gasteiger partial charge in [0.25, 0.3) is 0 Å². The van der Waals surface area contributed by atoms with Gasteiger partial charge in [0.1, 0.15) is 23.0 Å². The molecule has 0 radical (unpaired) electrons. The first-order chi connectivity index (χ1) is 16.4. The van der Waals surface area contributed by atoms with E-state index in [-0.39, 0.29) is 0 Å². The molecule has 0 saturated heterocycles. The van der Waals surface area contributed by atoms with Gasteiger partial charge in [0.2, 0.25) is 5.91 Å². The van der Waals surface area contributed by atoms with E-state index in [4.69, 9.17) is 14.2 Å². The van der Waals surface area contributed by atoms with Crippen molar-refractivity contribution in [3.8, 4) is 23.0 Å². The second kappa shape index (κ2) is 11.6. The summed E-state index contributed by atoms with van der Waals surface area (Å²) in [6.07, 6.45) is 0.660. The summed E-state index contributed by atoms with van der Waals surface area (Å²) < 4.78 is 16.6. The molecule has 0 saturated carbocycles. The minimum absolute atomic E-state index is 0.301. The zero-order chi connectivity index (χ0) is 24.5. The fourth-order valence-corrected chi connectivity index (χ4v) is 3.27. The Morgan fingerprint density at radius 1 is 0.794 bits per heavy atom. The number of carbonyl (C=O) groups is 2. The number of urea groups is 1. The lowest BCUT2D eigenvalue weighted by atomic mass is 9.99. The molecule has 0 heterocycles. The van der Waals surface area contributed by atoms with Crippen molar-refractivity contribution < 1.29 is 23.8 Å². The molecule has 3 aromatic carbocycles. The second-order valence-corrected chi connectivity index (χ2v) is 7.64. The summed E-state index contributed by atoms with van der Waals surface area (Å²) in [5, 5.41) is 4.77. The van der Waals surface area contributed by atoms with Crippen molar-refractivity contribution in [1.29, 1.82) is 0 Å². The monoisotopic (exact) mass is 460 g/mol. The van der Waals surface area contributed by atoms with E-state index in [1.54, 1.807) is 14.2 Å². The highest BCUT2D eigenvalue weighted by Crippen LogP contribution is 2.28. The van der Waals surface area contributed by atoms with Gasteiger partial charge in [-0.15, -0.1) is 0 Å². The molecule has 0 fully saturated rings. The van der Waals surface area contributed by atoms with Crippen LogP contribution in [0.1, 0.15) is 23.6 Å². The van der Waals surface area contributed by atoms with E-state index < -0.39 is 11.9 Å². The minimum Gasteiger partial charge on any atom is -0.497 e. The van der Waals surface area contributed by atoms with Crippen molar-refractivity contribution in [2.24, 2.45) is 0 Å². The van der Waals surface area contributed by atoms with Crippen LogP contribution >= 0.6 is 0 Å². The van der Waals surface area contributed by atoms with Gasteiger partial charge in [-0.3, -0.25) is 10.1 Å². The molecular weight excluding hydrogens is 432 g/mol. The van der Waals surface area contributed by atoms with Gasteiger partial charge in [0.05, 0.1) is 14.2 Å². The summed E-state index contributed by atoms with van der Waals surface area (Å²) in [4.78, 5) is 22.4. The Kier molecular flexibility index (Phi) is 8.29. The number of nitrogens with one attached hydrogen (secondary N) is 2. The zero-order valence-corrected chi connectivity index (χ0v) is 19.5. The van der Waals surface area contributed by atoms with Crippen molar-refractivity contribution in [3.63, 3.8) is 0 Å². The van der Waals surface area contributed by atoms with Gasteiger partial charge in [-0.25, -0.2) is 4.79 Å². The van der Waals surface area contributed by atoms with Crippen LogP contribution in [0, 0.1) is 0 Å². The Morgan fingerprint density at radius 2 is 1.35 bits per heavy atom. The molecule has 3 aromatic rings. The molecule has 7 heteroatoms. The summed E-state index contributed by atoms with van der Waals surface area (Å²) in [7, 11) is 3.26. The second-order valence-electron chi connectivity index (χ2n) is 7.64. The zero-order valence-electron chi connectivity index (χ0n) is 19.5. The number of hydrogen-bond acceptors (Lipinski definition) is 5. The minimum atomic E-state index is -0.528. The maximum Gasteiger partial charge on any atom is 0.321 e. The first-order valence-corrected chi connectivity index (χ1v) is 10.7. The number of rotatable bonds is 9. The van der Waals surface area contributed by atoms with Crippen molar-refractivity contribution in [2.75, 3.05) is 14.2 Å². The van der Waals surface area contributed by atoms with Crippen LogP contribution in [0.2, 0.25) is 0 Å². The van der Waals surface area contributed by atoms with E-state index in [1.165, 1.54) is 6.92 Å². The molecule has 0 aliphatic rings. The van der Waals surface area contributed by atoms with Crippen LogP contribution in [0.15, 0.2) is 73.3 Å². The molecule has 7 nitrogen and oxygen atoms in total. The molecule has 0 aliphatic carbocycles. The summed E-state index contributed by atoms with van der Waals surface area (Å²) in [5.74, 6) is 2.45. The standard InChI is InChI=1S/C27H28N2O5/c1-18(13-21-14-25(32-3)16-26(15-21)33-4)22-7-11-24(12-8-22)34-23-9-5-20(6-10-23)17-28-27(31)29-19(2)30/h5-12,14-16H,1,13,17H2,2-4H3,(H2,28,29,30,31). The highest BCUT2D eigenvalue weighted by Gasteiger charge is 2.07. The largest absolute Gasteiger partial charge is 0.497 e. The SMILES string of the molecule is C=C(Cc1cc(OC)cc(OC)c1)c1ccc(Oc2ccc(CNC(=O)NC(C)=O)cc2)cc1. The average molecular weight is 461 g/mol. The van der Waals surface area contributed by atoms with Crippen molar-refractivity contribution >= 4 is 17.5 Å². The molecule has 176 valence electrons. The Hall–Kier alpha value is -4.26. The molecule has 2 N–H and O–H groups in total. The van der Waals surface area contributed by atoms with Gasteiger partial charge < -0.3 is 19.5 Å². The van der Waals surface area contributed by atoms with Crippen LogP contribution < -0.4 is 24.8 Å². The summed E-state index contributed by atoms with van der Waals surface area (Å²) in [6, 6.07) is 20.3. The molecule has 0 atom stereocenters. The quantitative estimate of drug-likeness (QED) is 0.464. The van der Waals surface area contributed by atoms with Gasteiger partial charge in [-0.1, -0.05) is 30.8 Å². The molecular formula is C27H28N2O5. The number of hydrogen-bond donors (Lipinski definition) is 2. The van der Waals surface area contributed by atoms with Crippen LogP contribution in [-0.2, 0) is 17.8 Å². The smallest absolute Gasteiger partial charge is 0.321 e. The molecule has 0 aromatic heterocycles. The molecule has 0 aliphatic heterocycles. The number of allylic oxidation sites excluding steroid dienone is 1. The fourth-order valence-electron chi connectivity index (χ4n) is 3.27. The number of amides is 3. The Balaban J connectivity index is 1.57. The third kappa shape index (κ3) is 7.13. The van der Waals surface area contributed by atoms with Gasteiger partial charge in [-0.05, 0) is 65.1 Å². The topological polar surface area (TPSA) is 85.9 Å². The third-order valence-corrected chi connectivity index (χ3v) is 4.99. The van der Waals surface area contributed by atoms with E-state index in [9.17, 15) is 9.59 Å². The molecule has 3 rings (SSSR count). The number of benzene rings is 3. The maximum absolute atomic E-state index is 11.5. The average Bonchev–Trinajstić information content (AvgIpc) is 2.83. The maximum atomic E-state index is 11.5. The fraction of sp³-hybridized carbons (Fsp3) is 0.185. The first kappa shape index (κ1) is 24.4. The van der Waals surface area contributed by atoms with E-state index in [2.05, 4.69) is 17.2 Å². The molecule has 3 amide bonds. The lowest BCUT2D eigenvalue weighted by Gasteiger charge is -2.11. The summed E-state index contributed by atoms with van der Waals surface area (Å²) in [6.45, 7) is 5.81. The molecule has 0 bridgehead atoms. The summed E-state index contributed by atoms with van der Waals surface area (Å²) in [5.41, 5.74) is 3.91. The highest BCUT2D eigenvalue weighted by atomic mass is 16.5. The van der Waals surface area contributed by atoms with E-state index in [1.807, 2.05) is 66.7 Å². The number of imide groups is 1. The van der Waals surface area contributed by atoms with Crippen LogP contribution in [0.5, 0.6) is 23.0 Å². The molecule has 0 unspecified atom stereocenters. The van der Waals surface area contributed by atoms with Crippen LogP contribution in [-0.4, -0.2) is 26.2 Å². The lowest BCUT2D eigenvalue weighted by Crippen LogP contribution is -2.37. The number of carbonyl (C=O) groups excluding carboxylic acids is 2. The van der Waals surface area contributed by atoms with Crippen molar-refractivity contribution in [3.05, 3.63) is 90.0 Å². The lowest BCUT2D eigenvalue weighted by molar-refractivity contribution is -0.117. The first-order valence-electron chi connectivity index (χ1n) is 10.7. The highest BCUT2D eigenvalue weighted by molar-refractivity contribution is 5.92. The van der Waals surface area contributed by atoms with Crippen molar-refractivity contribution in [2.45, 2.75) is 19.9 Å². The van der Waals surface area contributed by atoms with Crippen molar-refractivity contribution in [1.82, 2.24) is 10.6 Å². The van der Waals surface area contributed by atoms with Crippen LogP contribution in [0.4, 0.5) is 4.79 Å². The predicted molar refractivity (Wildman–Crippen MR) is 131 cm³/mol. The van der Waals surface area contributed by atoms with Gasteiger partial charge >= 0.3 is 6.03 Å². The van der Waals surface area contributed by atoms with Crippen LogP contribution in [0.25, 0.3) is 5.57 Å². The Labute approximate surface area is 199 Å². The molecule has 34 heavy (non-hydrogen) atoms. The molecule has 0 spiro atoms. The van der Waals surface area contributed by atoms with E-state index >= 15 is 0 Å². The van der Waals surface area contributed by atoms with Gasteiger partial charge in [-0.2, -0.15) is 0 Å². The third-order valence-electron chi connectivity index (χ3n) is 4.99. The van der Waals surface area contributed by atoms with E-state index in [0.717, 1.165) is 33.8 Å². The van der Waals surface area contributed by atoms with Gasteiger partial charge in [0.15, 0.2) is 0 Å². The number of ether oxygens (including phenoxy) is 3. The number of methoxy groups -OCH3 is 2.